The number of carbonyl (C=O) groups is 1. The lowest BCUT2D eigenvalue weighted by atomic mass is 10.1. The number of pyridine rings is 2. The van der Waals surface area contributed by atoms with Crippen molar-refractivity contribution in [2.24, 2.45) is 0 Å². The van der Waals surface area contributed by atoms with Gasteiger partial charge in [-0.3, -0.25) is 9.78 Å². The summed E-state index contributed by atoms with van der Waals surface area (Å²) in [4.78, 5) is 20.8. The number of hydrogen-bond donors (Lipinski definition) is 2. The maximum atomic E-state index is 12.6. The van der Waals surface area contributed by atoms with Crippen molar-refractivity contribution in [1.29, 1.82) is 0 Å². The van der Waals surface area contributed by atoms with E-state index in [9.17, 15) is 4.79 Å². The predicted octanol–water partition coefficient (Wildman–Crippen LogP) is 3.03. The normalized spacial score (nSPS) is 10.2. The van der Waals surface area contributed by atoms with Crippen LogP contribution in [0.25, 0.3) is 0 Å². The highest BCUT2D eigenvalue weighted by Crippen LogP contribution is 2.16. The molecule has 0 aliphatic rings. The van der Waals surface area contributed by atoms with E-state index in [1.807, 2.05) is 36.4 Å². The molecule has 0 aliphatic carbocycles. The predicted molar refractivity (Wildman–Crippen MR) is 100.0 cm³/mol. The molecule has 0 bridgehead atoms. The minimum Gasteiger partial charge on any atom is -0.481 e. The fourth-order valence-electron chi connectivity index (χ4n) is 2.45. The molecule has 6 heteroatoms. The Hall–Kier alpha value is -3.41. The molecular formula is C20H20N4O2. The van der Waals surface area contributed by atoms with Crippen LogP contribution in [0.4, 0.5) is 5.69 Å². The number of methoxy groups -OCH3 is 1. The first kappa shape index (κ1) is 17.4. The summed E-state index contributed by atoms with van der Waals surface area (Å²) in [6.07, 6.45) is 5.22. The molecule has 2 aromatic heterocycles. The lowest BCUT2D eigenvalue weighted by molar-refractivity contribution is 0.0951. The summed E-state index contributed by atoms with van der Waals surface area (Å²) in [5, 5.41) is 6.21. The zero-order valence-corrected chi connectivity index (χ0v) is 14.5. The van der Waals surface area contributed by atoms with Gasteiger partial charge in [0.2, 0.25) is 5.88 Å². The summed E-state index contributed by atoms with van der Waals surface area (Å²) < 4.78 is 5.03. The van der Waals surface area contributed by atoms with Gasteiger partial charge in [-0.15, -0.1) is 0 Å². The van der Waals surface area contributed by atoms with Crippen LogP contribution in [0.1, 0.15) is 21.5 Å². The number of nitrogens with zero attached hydrogens (tertiary/aromatic N) is 2. The Labute approximate surface area is 152 Å². The molecule has 132 valence electrons. The number of ether oxygens (including phenoxy) is 1. The van der Waals surface area contributed by atoms with Crippen molar-refractivity contribution >= 4 is 11.6 Å². The molecule has 0 saturated carbocycles. The summed E-state index contributed by atoms with van der Waals surface area (Å²) >= 11 is 0. The van der Waals surface area contributed by atoms with Gasteiger partial charge in [-0.2, -0.15) is 0 Å². The molecule has 3 rings (SSSR count). The monoisotopic (exact) mass is 348 g/mol. The SMILES string of the molecule is COc1ccc(CNC(=O)c2ccccc2NCc2cccnc2)cn1. The molecule has 0 atom stereocenters. The lowest BCUT2D eigenvalue weighted by Gasteiger charge is -2.12. The number of carbonyl (C=O) groups excluding carboxylic acids is 1. The minimum atomic E-state index is -0.143. The van der Waals surface area contributed by atoms with Gasteiger partial charge in [-0.25, -0.2) is 4.98 Å². The fraction of sp³-hybridized carbons (Fsp3) is 0.150. The lowest BCUT2D eigenvalue weighted by Crippen LogP contribution is -2.24. The van der Waals surface area contributed by atoms with Gasteiger partial charge in [0.05, 0.1) is 12.7 Å². The van der Waals surface area contributed by atoms with Gasteiger partial charge in [-0.1, -0.05) is 24.3 Å². The molecule has 26 heavy (non-hydrogen) atoms. The molecule has 6 nitrogen and oxygen atoms in total. The van der Waals surface area contributed by atoms with E-state index in [0.29, 0.717) is 24.5 Å². The second-order valence-electron chi connectivity index (χ2n) is 5.65. The fourth-order valence-corrected chi connectivity index (χ4v) is 2.45. The summed E-state index contributed by atoms with van der Waals surface area (Å²) in [6, 6.07) is 14.9. The molecule has 1 amide bonds. The van der Waals surface area contributed by atoms with Gasteiger partial charge in [-0.05, 0) is 29.3 Å². The Bertz CT molecular complexity index is 851. The van der Waals surface area contributed by atoms with Crippen molar-refractivity contribution in [3.63, 3.8) is 0 Å². The third kappa shape index (κ3) is 4.57. The van der Waals surface area contributed by atoms with E-state index in [4.69, 9.17) is 4.74 Å². The van der Waals surface area contributed by atoms with Crippen LogP contribution in [-0.2, 0) is 13.1 Å². The zero-order chi connectivity index (χ0) is 18.2. The highest BCUT2D eigenvalue weighted by atomic mass is 16.5. The third-order valence-electron chi connectivity index (χ3n) is 3.84. The molecule has 0 spiro atoms. The quantitative estimate of drug-likeness (QED) is 0.686. The number of aromatic nitrogens is 2. The molecule has 0 unspecified atom stereocenters. The smallest absolute Gasteiger partial charge is 0.253 e. The molecule has 2 N–H and O–H groups in total. The Kier molecular flexibility index (Phi) is 5.77. The second kappa shape index (κ2) is 8.62. The maximum Gasteiger partial charge on any atom is 0.253 e. The largest absolute Gasteiger partial charge is 0.481 e. The van der Waals surface area contributed by atoms with Gasteiger partial charge < -0.3 is 15.4 Å². The van der Waals surface area contributed by atoms with Gasteiger partial charge in [0.1, 0.15) is 0 Å². The second-order valence-corrected chi connectivity index (χ2v) is 5.65. The number of rotatable bonds is 7. The topological polar surface area (TPSA) is 76.1 Å². The maximum absolute atomic E-state index is 12.6. The average Bonchev–Trinajstić information content (AvgIpc) is 2.72. The molecular weight excluding hydrogens is 328 g/mol. The number of amides is 1. The summed E-state index contributed by atoms with van der Waals surface area (Å²) in [5.74, 6) is 0.403. The molecule has 2 heterocycles. The first-order valence-electron chi connectivity index (χ1n) is 8.25. The Morgan fingerprint density at radius 1 is 1.00 bits per heavy atom. The number of para-hydroxylation sites is 1. The van der Waals surface area contributed by atoms with Crippen molar-refractivity contribution in [2.45, 2.75) is 13.1 Å². The first-order chi connectivity index (χ1) is 12.8. The van der Waals surface area contributed by atoms with Crippen LogP contribution >= 0.6 is 0 Å². The van der Waals surface area contributed by atoms with Crippen molar-refractivity contribution in [1.82, 2.24) is 15.3 Å². The highest BCUT2D eigenvalue weighted by molar-refractivity contribution is 5.99. The Balaban J connectivity index is 1.63. The van der Waals surface area contributed by atoms with E-state index >= 15 is 0 Å². The summed E-state index contributed by atoms with van der Waals surface area (Å²) in [5.41, 5.74) is 3.33. The van der Waals surface area contributed by atoms with E-state index in [0.717, 1.165) is 16.8 Å². The van der Waals surface area contributed by atoms with Crippen LogP contribution in [0.3, 0.4) is 0 Å². The third-order valence-corrected chi connectivity index (χ3v) is 3.84. The van der Waals surface area contributed by atoms with Gasteiger partial charge in [0.25, 0.3) is 5.91 Å². The zero-order valence-electron chi connectivity index (χ0n) is 14.5. The van der Waals surface area contributed by atoms with Gasteiger partial charge >= 0.3 is 0 Å². The molecule has 1 aromatic carbocycles. The average molecular weight is 348 g/mol. The Morgan fingerprint density at radius 2 is 1.85 bits per heavy atom. The molecule has 3 aromatic rings. The molecule has 0 saturated heterocycles. The summed E-state index contributed by atoms with van der Waals surface area (Å²) in [6.45, 7) is 0.993. The Morgan fingerprint density at radius 3 is 2.58 bits per heavy atom. The number of anilines is 1. The summed E-state index contributed by atoms with van der Waals surface area (Å²) in [7, 11) is 1.57. The van der Waals surface area contributed by atoms with E-state index < -0.39 is 0 Å². The number of nitrogens with one attached hydrogen (secondary N) is 2. The van der Waals surface area contributed by atoms with E-state index in [1.54, 1.807) is 37.8 Å². The van der Waals surface area contributed by atoms with Crippen molar-refractivity contribution in [3.8, 4) is 5.88 Å². The van der Waals surface area contributed by atoms with Gasteiger partial charge in [0, 0.05) is 43.4 Å². The highest BCUT2D eigenvalue weighted by Gasteiger charge is 2.10. The van der Waals surface area contributed by atoms with Gasteiger partial charge in [0.15, 0.2) is 0 Å². The van der Waals surface area contributed by atoms with E-state index in [-0.39, 0.29) is 5.91 Å². The van der Waals surface area contributed by atoms with E-state index in [2.05, 4.69) is 20.6 Å². The molecule has 0 radical (unpaired) electrons. The van der Waals surface area contributed by atoms with Crippen LogP contribution in [0, 0.1) is 0 Å². The number of benzene rings is 1. The van der Waals surface area contributed by atoms with Crippen LogP contribution in [0.2, 0.25) is 0 Å². The molecule has 0 fully saturated rings. The van der Waals surface area contributed by atoms with Crippen molar-refractivity contribution < 1.29 is 9.53 Å². The number of hydrogen-bond acceptors (Lipinski definition) is 5. The van der Waals surface area contributed by atoms with Crippen LogP contribution in [0.15, 0.2) is 67.1 Å². The minimum absolute atomic E-state index is 0.143. The first-order valence-corrected chi connectivity index (χ1v) is 8.25. The molecule has 0 aliphatic heterocycles. The van der Waals surface area contributed by atoms with Crippen molar-refractivity contribution in [2.75, 3.05) is 12.4 Å². The van der Waals surface area contributed by atoms with E-state index in [1.165, 1.54) is 0 Å². The standard InChI is InChI=1S/C20H20N4O2/c1-26-19-9-8-16(13-23-19)14-24-20(25)17-6-2-3-7-18(17)22-12-15-5-4-10-21-11-15/h2-11,13,22H,12,14H2,1H3,(H,24,25). The van der Waals surface area contributed by atoms with Crippen LogP contribution in [-0.4, -0.2) is 23.0 Å². The van der Waals surface area contributed by atoms with Crippen molar-refractivity contribution in [3.05, 3.63) is 83.8 Å². The van der Waals surface area contributed by atoms with Crippen LogP contribution < -0.4 is 15.4 Å². The van der Waals surface area contributed by atoms with Crippen LogP contribution in [0.5, 0.6) is 5.88 Å².